The van der Waals surface area contributed by atoms with Crippen molar-refractivity contribution in [2.24, 2.45) is 0 Å². The van der Waals surface area contributed by atoms with Crippen molar-refractivity contribution < 1.29 is 12.8 Å². The van der Waals surface area contributed by atoms with Crippen LogP contribution in [0.15, 0.2) is 29.2 Å². The summed E-state index contributed by atoms with van der Waals surface area (Å²) >= 11 is 0. The highest BCUT2D eigenvalue weighted by Gasteiger charge is 2.12. The van der Waals surface area contributed by atoms with Crippen LogP contribution in [0.25, 0.3) is 0 Å². The molecule has 4 heteroatoms. The van der Waals surface area contributed by atoms with E-state index >= 15 is 0 Å². The fourth-order valence-electron chi connectivity index (χ4n) is 0.976. The molecule has 0 aliphatic carbocycles. The van der Waals surface area contributed by atoms with Crippen LogP contribution >= 0.6 is 0 Å². The molecule has 1 rings (SSSR count). The van der Waals surface area contributed by atoms with Crippen LogP contribution in [0.4, 0.5) is 4.39 Å². The Kier molecular flexibility index (Phi) is 3.03. The van der Waals surface area contributed by atoms with Gasteiger partial charge in [-0.05, 0) is 24.6 Å². The van der Waals surface area contributed by atoms with E-state index in [4.69, 9.17) is 0 Å². The van der Waals surface area contributed by atoms with Gasteiger partial charge in [0.1, 0.15) is 5.82 Å². The van der Waals surface area contributed by atoms with Gasteiger partial charge in [0.25, 0.3) is 0 Å². The molecule has 0 amide bonds. The predicted molar refractivity (Wildman–Crippen MR) is 48.4 cm³/mol. The molecule has 0 aromatic heterocycles. The third-order valence-corrected chi connectivity index (χ3v) is 3.29. The summed E-state index contributed by atoms with van der Waals surface area (Å²) < 4.78 is 35.4. The van der Waals surface area contributed by atoms with Crippen LogP contribution in [0, 0.1) is 12.2 Å². The van der Waals surface area contributed by atoms with Crippen LogP contribution in [0.5, 0.6) is 0 Å². The Morgan fingerprint density at radius 2 is 2.15 bits per heavy atom. The van der Waals surface area contributed by atoms with Crippen molar-refractivity contribution in [3.05, 3.63) is 36.5 Å². The zero-order chi connectivity index (χ0) is 9.90. The van der Waals surface area contributed by atoms with Crippen LogP contribution in [-0.4, -0.2) is 14.2 Å². The second kappa shape index (κ2) is 3.87. The van der Waals surface area contributed by atoms with Gasteiger partial charge in [-0.25, -0.2) is 12.8 Å². The first-order chi connectivity index (χ1) is 6.06. The van der Waals surface area contributed by atoms with Crippen LogP contribution in [0.3, 0.4) is 0 Å². The standard InChI is InChI=1S/C9H10FO2S/c1-2-6-13(11,12)9-5-3-4-8(10)7-9/h2-5,7H,6H2,1H3. The number of sulfone groups is 1. The van der Waals surface area contributed by atoms with Gasteiger partial charge >= 0.3 is 0 Å². The van der Waals surface area contributed by atoms with Crippen LogP contribution < -0.4 is 0 Å². The van der Waals surface area contributed by atoms with Crippen molar-refractivity contribution >= 4 is 9.84 Å². The highest BCUT2D eigenvalue weighted by Crippen LogP contribution is 2.12. The highest BCUT2D eigenvalue weighted by molar-refractivity contribution is 7.91. The number of rotatable bonds is 3. The van der Waals surface area contributed by atoms with Gasteiger partial charge in [0, 0.05) is 0 Å². The molecule has 0 aliphatic rings. The molecule has 0 saturated heterocycles. The molecule has 0 atom stereocenters. The molecule has 0 N–H and O–H groups in total. The highest BCUT2D eigenvalue weighted by atomic mass is 32.2. The fraction of sp³-hybridized carbons (Fsp3) is 0.222. The maximum absolute atomic E-state index is 12.7. The average Bonchev–Trinajstić information content (AvgIpc) is 2.04. The summed E-state index contributed by atoms with van der Waals surface area (Å²) in [6.45, 7) is 1.65. The molecule has 0 spiro atoms. The lowest BCUT2D eigenvalue weighted by Crippen LogP contribution is -2.06. The van der Waals surface area contributed by atoms with E-state index in [0.717, 1.165) is 6.07 Å². The minimum atomic E-state index is -3.33. The van der Waals surface area contributed by atoms with Crippen molar-refractivity contribution in [2.75, 3.05) is 5.75 Å². The van der Waals surface area contributed by atoms with Gasteiger partial charge < -0.3 is 0 Å². The molecule has 0 saturated carbocycles. The SMILES string of the molecule is C[CH]CS(=O)(=O)c1cccc(F)c1. The molecular formula is C9H10FO2S. The Bertz CT molecular complexity index is 384. The summed E-state index contributed by atoms with van der Waals surface area (Å²) in [7, 11) is -3.33. The average molecular weight is 201 g/mol. The van der Waals surface area contributed by atoms with Crippen molar-refractivity contribution in [3.63, 3.8) is 0 Å². The quantitative estimate of drug-likeness (QED) is 0.747. The van der Waals surface area contributed by atoms with E-state index in [1.54, 1.807) is 6.92 Å². The number of benzene rings is 1. The summed E-state index contributed by atoms with van der Waals surface area (Å²) in [6, 6.07) is 5.02. The summed E-state index contributed by atoms with van der Waals surface area (Å²) in [5.41, 5.74) is 0. The Morgan fingerprint density at radius 1 is 1.46 bits per heavy atom. The Hall–Kier alpha value is -0.900. The van der Waals surface area contributed by atoms with E-state index in [2.05, 4.69) is 0 Å². The monoisotopic (exact) mass is 201 g/mol. The number of halogens is 1. The second-order valence-corrected chi connectivity index (χ2v) is 4.68. The summed E-state index contributed by atoms with van der Waals surface area (Å²) in [4.78, 5) is 0.0330. The zero-order valence-electron chi connectivity index (χ0n) is 7.20. The van der Waals surface area contributed by atoms with E-state index in [0.29, 0.717) is 0 Å². The zero-order valence-corrected chi connectivity index (χ0v) is 8.01. The van der Waals surface area contributed by atoms with Crippen molar-refractivity contribution in [3.8, 4) is 0 Å². The van der Waals surface area contributed by atoms with Gasteiger partial charge in [-0.1, -0.05) is 13.0 Å². The Balaban J connectivity index is 3.08. The second-order valence-electron chi connectivity index (χ2n) is 2.65. The van der Waals surface area contributed by atoms with Crippen molar-refractivity contribution in [1.82, 2.24) is 0 Å². The number of hydrogen-bond donors (Lipinski definition) is 0. The van der Waals surface area contributed by atoms with E-state index < -0.39 is 15.7 Å². The predicted octanol–water partition coefficient (Wildman–Crippen LogP) is 1.82. The van der Waals surface area contributed by atoms with Gasteiger partial charge in [0.15, 0.2) is 9.84 Å². The van der Waals surface area contributed by atoms with E-state index in [1.165, 1.54) is 24.6 Å². The van der Waals surface area contributed by atoms with Gasteiger partial charge in [-0.2, -0.15) is 0 Å². The molecule has 71 valence electrons. The molecule has 1 radical (unpaired) electrons. The normalized spacial score (nSPS) is 11.5. The summed E-state index contributed by atoms with van der Waals surface area (Å²) in [5, 5.41) is 0. The van der Waals surface area contributed by atoms with Crippen LogP contribution in [0.1, 0.15) is 6.92 Å². The van der Waals surface area contributed by atoms with E-state index in [9.17, 15) is 12.8 Å². The minimum Gasteiger partial charge on any atom is -0.224 e. The van der Waals surface area contributed by atoms with Crippen LogP contribution in [0.2, 0.25) is 0 Å². The molecule has 1 aromatic rings. The van der Waals surface area contributed by atoms with E-state index in [-0.39, 0.29) is 10.6 Å². The van der Waals surface area contributed by atoms with Gasteiger partial charge in [-0.3, -0.25) is 0 Å². The third kappa shape index (κ3) is 2.52. The molecule has 1 aromatic carbocycles. The van der Waals surface area contributed by atoms with Gasteiger partial charge in [0.05, 0.1) is 10.6 Å². The first kappa shape index (κ1) is 10.2. The fourth-order valence-corrected chi connectivity index (χ4v) is 2.19. The lowest BCUT2D eigenvalue weighted by atomic mass is 10.4. The van der Waals surface area contributed by atoms with Crippen molar-refractivity contribution in [1.29, 1.82) is 0 Å². The maximum Gasteiger partial charge on any atom is 0.178 e. The Morgan fingerprint density at radius 3 is 2.69 bits per heavy atom. The lowest BCUT2D eigenvalue weighted by molar-refractivity contribution is 0.592. The summed E-state index contributed by atoms with van der Waals surface area (Å²) in [6.07, 6.45) is 1.53. The van der Waals surface area contributed by atoms with Gasteiger partial charge in [-0.15, -0.1) is 0 Å². The van der Waals surface area contributed by atoms with Crippen LogP contribution in [-0.2, 0) is 9.84 Å². The first-order valence-electron chi connectivity index (χ1n) is 3.82. The van der Waals surface area contributed by atoms with Crippen molar-refractivity contribution in [2.45, 2.75) is 11.8 Å². The maximum atomic E-state index is 12.7. The minimum absolute atomic E-state index is 0.0330. The topological polar surface area (TPSA) is 34.1 Å². The Labute approximate surface area is 77.3 Å². The number of hydrogen-bond acceptors (Lipinski definition) is 2. The largest absolute Gasteiger partial charge is 0.224 e. The molecule has 0 unspecified atom stereocenters. The molecule has 0 bridgehead atoms. The smallest absolute Gasteiger partial charge is 0.178 e. The molecule has 2 nitrogen and oxygen atoms in total. The first-order valence-corrected chi connectivity index (χ1v) is 5.47. The lowest BCUT2D eigenvalue weighted by Gasteiger charge is -2.01. The summed E-state index contributed by atoms with van der Waals surface area (Å²) in [5.74, 6) is -0.589. The molecule has 13 heavy (non-hydrogen) atoms. The van der Waals surface area contributed by atoms with Gasteiger partial charge in [0.2, 0.25) is 0 Å². The van der Waals surface area contributed by atoms with E-state index in [1.807, 2.05) is 0 Å². The molecule has 0 aliphatic heterocycles. The third-order valence-electron chi connectivity index (χ3n) is 1.54. The molecular weight excluding hydrogens is 191 g/mol. The molecule has 0 heterocycles. The molecule has 0 fully saturated rings.